The van der Waals surface area contributed by atoms with Crippen LogP contribution in [0.2, 0.25) is 0 Å². The van der Waals surface area contributed by atoms with Crippen LogP contribution in [0, 0.1) is 6.92 Å². The molecule has 16 heavy (non-hydrogen) atoms. The van der Waals surface area contributed by atoms with Gasteiger partial charge >= 0.3 is 0 Å². The Balaban J connectivity index is 3.16. The normalized spacial score (nSPS) is 16.2. The summed E-state index contributed by atoms with van der Waals surface area (Å²) in [4.78, 5) is 4.32. The zero-order valence-electron chi connectivity index (χ0n) is 9.93. The Labute approximate surface area is 102 Å². The van der Waals surface area contributed by atoms with Gasteiger partial charge in [0.05, 0.1) is 25.0 Å². The lowest BCUT2D eigenvalue weighted by Gasteiger charge is -2.23. The van der Waals surface area contributed by atoms with Crippen LogP contribution < -0.4 is 0 Å². The summed E-state index contributed by atoms with van der Waals surface area (Å²) in [5.74, 6) is 0. The maximum atomic E-state index is 4.32. The smallest absolute Gasteiger partial charge is 0.241 e. The van der Waals surface area contributed by atoms with E-state index < -0.39 is 0 Å². The van der Waals surface area contributed by atoms with E-state index in [-0.39, 0.29) is 12.6 Å². The number of aryl methyl sites for hydroxylation is 1. The third-order valence-electron chi connectivity index (χ3n) is 2.60. The number of hydrogen-bond acceptors (Lipinski definition) is 1. The molecule has 0 saturated carbocycles. The van der Waals surface area contributed by atoms with E-state index in [1.807, 2.05) is 13.3 Å². The van der Waals surface area contributed by atoms with E-state index in [0.717, 1.165) is 26.5 Å². The van der Waals surface area contributed by atoms with Gasteiger partial charge in [0.1, 0.15) is 7.55 Å². The Hall–Kier alpha value is -0.280. The van der Waals surface area contributed by atoms with Crippen molar-refractivity contribution in [3.8, 4) is 0 Å². The van der Waals surface area contributed by atoms with Crippen LogP contribution in [-0.4, -0.2) is 41.3 Å². The summed E-state index contributed by atoms with van der Waals surface area (Å²) < 4.78 is 2.21. The van der Waals surface area contributed by atoms with Crippen molar-refractivity contribution in [2.75, 3.05) is 12.8 Å². The highest BCUT2D eigenvalue weighted by atomic mass is 31.1. The van der Waals surface area contributed by atoms with Crippen LogP contribution in [-0.2, 0) is 5.02 Å². The quantitative estimate of drug-likeness (QED) is 0.724. The SMILES string of the molecule is C=PCCC(P=C)(n1cnc(C)c1)[P+](=C)C. The molecule has 0 bridgehead atoms. The predicted molar refractivity (Wildman–Crippen MR) is 82.5 cm³/mol. The first-order valence-electron chi connectivity index (χ1n) is 5.02. The van der Waals surface area contributed by atoms with E-state index >= 15 is 0 Å². The maximum Gasteiger partial charge on any atom is 0.241 e. The second-order valence-electron chi connectivity index (χ2n) is 3.75. The van der Waals surface area contributed by atoms with Gasteiger partial charge in [0.25, 0.3) is 0 Å². The first kappa shape index (κ1) is 13.8. The van der Waals surface area contributed by atoms with Gasteiger partial charge < -0.3 is 0 Å². The molecular formula is C11H18N2P3+. The van der Waals surface area contributed by atoms with Crippen molar-refractivity contribution < 1.29 is 0 Å². The van der Waals surface area contributed by atoms with E-state index in [2.05, 4.69) is 41.3 Å². The number of rotatable bonds is 6. The summed E-state index contributed by atoms with van der Waals surface area (Å²) in [7, 11) is 1.95. The molecule has 0 aliphatic heterocycles. The summed E-state index contributed by atoms with van der Waals surface area (Å²) in [5, 5.41) is 0.0291. The Kier molecular flexibility index (Phi) is 5.06. The minimum Gasteiger partial charge on any atom is -0.286 e. The van der Waals surface area contributed by atoms with Crippen LogP contribution in [0.1, 0.15) is 12.1 Å². The highest BCUT2D eigenvalue weighted by Crippen LogP contribution is 2.51. The molecule has 0 radical (unpaired) electrons. The van der Waals surface area contributed by atoms with E-state index in [1.165, 1.54) is 8.20 Å². The van der Waals surface area contributed by atoms with Crippen LogP contribution in [0.5, 0.6) is 0 Å². The van der Waals surface area contributed by atoms with Crippen molar-refractivity contribution in [2.45, 2.75) is 18.4 Å². The molecule has 86 valence electrons. The number of hydrogen-bond donors (Lipinski definition) is 0. The average molecular weight is 271 g/mol. The molecule has 1 rings (SSSR count). The summed E-state index contributed by atoms with van der Waals surface area (Å²) in [6, 6.07) is 0. The fourth-order valence-corrected chi connectivity index (χ4v) is 4.98. The highest BCUT2D eigenvalue weighted by molar-refractivity contribution is 7.66. The Morgan fingerprint density at radius 2 is 2.25 bits per heavy atom. The van der Waals surface area contributed by atoms with Crippen molar-refractivity contribution in [3.05, 3.63) is 18.2 Å². The van der Waals surface area contributed by atoms with E-state index in [0.29, 0.717) is 0 Å². The minimum absolute atomic E-state index is 0.0291. The predicted octanol–water partition coefficient (Wildman–Crippen LogP) is 3.49. The zero-order chi connectivity index (χ0) is 12.2. The second-order valence-corrected chi connectivity index (χ2v) is 8.19. The van der Waals surface area contributed by atoms with Crippen LogP contribution in [0.4, 0.5) is 0 Å². The van der Waals surface area contributed by atoms with Crippen molar-refractivity contribution in [1.82, 2.24) is 9.55 Å². The van der Waals surface area contributed by atoms with Crippen molar-refractivity contribution in [1.29, 1.82) is 0 Å². The van der Waals surface area contributed by atoms with Crippen molar-refractivity contribution in [2.24, 2.45) is 0 Å². The zero-order valence-corrected chi connectivity index (χ0v) is 12.6. The van der Waals surface area contributed by atoms with Gasteiger partial charge in [-0.25, -0.2) is 4.98 Å². The van der Waals surface area contributed by atoms with Gasteiger partial charge in [0.2, 0.25) is 5.02 Å². The lowest BCUT2D eigenvalue weighted by molar-refractivity contribution is 0.598. The molecular weight excluding hydrogens is 253 g/mol. The standard InChI is InChI=1S/C11H18N2P3/c1-10-8-13(9-12-10)11(15-3,16(4)5)6-7-14-2/h8-9H,2-4,6-7H2,1,5H3/q+1. The summed E-state index contributed by atoms with van der Waals surface area (Å²) >= 11 is 0. The molecule has 0 amide bonds. The molecule has 0 aliphatic carbocycles. The van der Waals surface area contributed by atoms with Gasteiger partial charge in [0, 0.05) is 12.6 Å². The van der Waals surface area contributed by atoms with Gasteiger partial charge in [0.15, 0.2) is 0 Å². The van der Waals surface area contributed by atoms with E-state index in [9.17, 15) is 0 Å². The van der Waals surface area contributed by atoms with Crippen LogP contribution in [0.3, 0.4) is 0 Å². The fraction of sp³-hybridized carbons (Fsp3) is 0.455. The number of aromatic nitrogens is 2. The topological polar surface area (TPSA) is 17.8 Å². The second kappa shape index (κ2) is 5.87. The molecule has 2 nitrogen and oxygen atoms in total. The van der Waals surface area contributed by atoms with E-state index in [4.69, 9.17) is 0 Å². The Morgan fingerprint density at radius 1 is 1.56 bits per heavy atom. The maximum absolute atomic E-state index is 4.32. The van der Waals surface area contributed by atoms with Gasteiger partial charge in [-0.3, -0.25) is 4.57 Å². The summed E-state index contributed by atoms with van der Waals surface area (Å²) in [5.41, 5.74) is 1.05. The largest absolute Gasteiger partial charge is 0.286 e. The molecule has 0 fully saturated rings. The monoisotopic (exact) mass is 271 g/mol. The van der Waals surface area contributed by atoms with Gasteiger partial charge in [-0.05, 0) is 21.3 Å². The van der Waals surface area contributed by atoms with Crippen LogP contribution >= 0.6 is 24.0 Å². The van der Waals surface area contributed by atoms with Crippen LogP contribution in [0.15, 0.2) is 12.5 Å². The molecule has 2 unspecified atom stereocenters. The average Bonchev–Trinajstić information content (AvgIpc) is 2.67. The van der Waals surface area contributed by atoms with Gasteiger partial charge in [-0.1, -0.05) is 12.6 Å². The third kappa shape index (κ3) is 2.69. The first-order valence-corrected chi connectivity index (χ1v) is 9.34. The lowest BCUT2D eigenvalue weighted by Crippen LogP contribution is -2.22. The van der Waals surface area contributed by atoms with Gasteiger partial charge in [-0.15, -0.1) is 8.20 Å². The molecule has 5 heteroatoms. The fourth-order valence-electron chi connectivity index (χ4n) is 1.64. The van der Waals surface area contributed by atoms with Crippen LogP contribution in [0.25, 0.3) is 0 Å². The molecule has 2 atom stereocenters. The minimum atomic E-state index is -0.357. The molecule has 1 aromatic rings. The molecule has 0 N–H and O–H groups in total. The lowest BCUT2D eigenvalue weighted by atomic mass is 10.4. The van der Waals surface area contributed by atoms with Crippen molar-refractivity contribution in [3.63, 3.8) is 0 Å². The first-order chi connectivity index (χ1) is 7.56. The third-order valence-corrected chi connectivity index (χ3v) is 7.22. The Bertz CT molecular complexity index is 411. The molecule has 0 saturated heterocycles. The molecule has 0 aliphatic rings. The summed E-state index contributed by atoms with van der Waals surface area (Å²) in [6.07, 6.45) is 18.4. The highest BCUT2D eigenvalue weighted by Gasteiger charge is 2.39. The molecule has 1 heterocycles. The van der Waals surface area contributed by atoms with E-state index in [1.54, 1.807) is 0 Å². The Morgan fingerprint density at radius 3 is 2.62 bits per heavy atom. The van der Waals surface area contributed by atoms with Gasteiger partial charge in [-0.2, -0.15) is 0 Å². The summed E-state index contributed by atoms with van der Waals surface area (Å²) in [6.45, 7) is 4.23. The molecule has 0 aromatic carbocycles. The molecule has 1 aromatic heterocycles. The molecule has 0 spiro atoms. The van der Waals surface area contributed by atoms with Crippen molar-refractivity contribution >= 4 is 42.9 Å². The number of imidazole rings is 1. The number of nitrogens with zero attached hydrogens (tertiary/aromatic N) is 2.